The summed E-state index contributed by atoms with van der Waals surface area (Å²) in [7, 11) is 0. The van der Waals surface area contributed by atoms with Gasteiger partial charge < -0.3 is 10.0 Å². The van der Waals surface area contributed by atoms with Crippen LogP contribution in [0.1, 0.15) is 29.9 Å². The highest BCUT2D eigenvalue weighted by molar-refractivity contribution is 5.94. The molecule has 1 heterocycles. The van der Waals surface area contributed by atoms with E-state index >= 15 is 0 Å². The van der Waals surface area contributed by atoms with Crippen molar-refractivity contribution in [3.63, 3.8) is 0 Å². The molecule has 19 heavy (non-hydrogen) atoms. The number of aromatic nitrogens is 1. The Morgan fingerprint density at radius 1 is 1.47 bits per heavy atom. The van der Waals surface area contributed by atoms with Crippen LogP contribution in [0.3, 0.4) is 0 Å². The predicted molar refractivity (Wildman–Crippen MR) is 64.5 cm³/mol. The molecule has 0 aliphatic carbocycles. The van der Waals surface area contributed by atoms with Gasteiger partial charge in [0, 0.05) is 17.9 Å². The van der Waals surface area contributed by atoms with E-state index in [0.29, 0.717) is 5.69 Å². The fourth-order valence-electron chi connectivity index (χ4n) is 1.69. The van der Waals surface area contributed by atoms with Gasteiger partial charge in [-0.25, -0.2) is 4.79 Å². The van der Waals surface area contributed by atoms with E-state index in [2.05, 4.69) is 4.98 Å². The molecular formula is C12H15F3N2O2. The van der Waals surface area contributed by atoms with Crippen LogP contribution in [0.15, 0.2) is 12.3 Å². The van der Waals surface area contributed by atoms with Gasteiger partial charge in [-0.3, -0.25) is 4.98 Å². The van der Waals surface area contributed by atoms with Crippen molar-refractivity contribution in [1.82, 2.24) is 4.98 Å². The third-order valence-electron chi connectivity index (χ3n) is 2.53. The molecule has 0 unspecified atom stereocenters. The lowest BCUT2D eigenvalue weighted by Crippen LogP contribution is -2.40. The van der Waals surface area contributed by atoms with E-state index in [9.17, 15) is 18.0 Å². The van der Waals surface area contributed by atoms with E-state index in [4.69, 9.17) is 5.11 Å². The molecule has 0 amide bonds. The largest absolute Gasteiger partial charge is 0.478 e. The van der Waals surface area contributed by atoms with Gasteiger partial charge in [-0.15, -0.1) is 0 Å². The Hall–Kier alpha value is -1.79. The maximum Gasteiger partial charge on any atom is 0.405 e. The zero-order valence-corrected chi connectivity index (χ0v) is 10.8. The highest BCUT2D eigenvalue weighted by Crippen LogP contribution is 2.27. The van der Waals surface area contributed by atoms with E-state index in [1.807, 2.05) is 0 Å². The highest BCUT2D eigenvalue weighted by atomic mass is 19.4. The lowest BCUT2D eigenvalue weighted by atomic mass is 10.1. The van der Waals surface area contributed by atoms with Gasteiger partial charge in [-0.2, -0.15) is 13.2 Å². The van der Waals surface area contributed by atoms with Crippen LogP contribution in [0, 0.1) is 6.92 Å². The van der Waals surface area contributed by atoms with Crippen LogP contribution in [0.2, 0.25) is 0 Å². The lowest BCUT2D eigenvalue weighted by Gasteiger charge is -2.31. The second kappa shape index (κ2) is 5.46. The van der Waals surface area contributed by atoms with Gasteiger partial charge in [-0.1, -0.05) is 0 Å². The number of hydrogen-bond acceptors (Lipinski definition) is 3. The van der Waals surface area contributed by atoms with Crippen molar-refractivity contribution in [2.45, 2.75) is 33.0 Å². The number of nitrogens with zero attached hydrogens (tertiary/aromatic N) is 2. The molecule has 0 aliphatic heterocycles. The van der Waals surface area contributed by atoms with Gasteiger partial charge in [0.2, 0.25) is 0 Å². The summed E-state index contributed by atoms with van der Waals surface area (Å²) in [4.78, 5) is 15.9. The number of anilines is 1. The van der Waals surface area contributed by atoms with E-state index in [0.717, 1.165) is 11.1 Å². The van der Waals surface area contributed by atoms with Gasteiger partial charge in [0.1, 0.15) is 12.1 Å². The molecule has 1 rings (SSSR count). The van der Waals surface area contributed by atoms with Crippen molar-refractivity contribution >= 4 is 11.7 Å². The number of rotatable bonds is 4. The Kier molecular flexibility index (Phi) is 4.39. The van der Waals surface area contributed by atoms with Crippen molar-refractivity contribution < 1.29 is 23.1 Å². The number of aromatic carboxylic acids is 1. The van der Waals surface area contributed by atoms with Gasteiger partial charge in [0.15, 0.2) is 0 Å². The minimum Gasteiger partial charge on any atom is -0.478 e. The first-order valence-corrected chi connectivity index (χ1v) is 5.65. The molecule has 0 aromatic carbocycles. The number of carboxylic acid groups (broad SMARTS) is 1. The molecule has 0 spiro atoms. The zero-order valence-electron chi connectivity index (χ0n) is 10.8. The summed E-state index contributed by atoms with van der Waals surface area (Å²) in [6.45, 7) is 3.55. The molecule has 106 valence electrons. The summed E-state index contributed by atoms with van der Waals surface area (Å²) in [6, 6.07) is 0.872. The Bertz CT molecular complexity index is 473. The van der Waals surface area contributed by atoms with Gasteiger partial charge in [-0.05, 0) is 26.8 Å². The van der Waals surface area contributed by atoms with Crippen LogP contribution in [0.25, 0.3) is 0 Å². The average Bonchev–Trinajstić information content (AvgIpc) is 2.23. The van der Waals surface area contributed by atoms with Gasteiger partial charge in [0.25, 0.3) is 0 Å². The summed E-state index contributed by atoms with van der Waals surface area (Å²) in [5.74, 6) is -1.30. The molecule has 0 atom stereocenters. The quantitative estimate of drug-likeness (QED) is 0.918. The third kappa shape index (κ3) is 4.11. The number of carboxylic acids is 1. The zero-order chi connectivity index (χ0) is 14.8. The van der Waals surface area contributed by atoms with E-state index in [-0.39, 0.29) is 11.3 Å². The average molecular weight is 276 g/mol. The standard InChI is InChI=1S/C12H15F3N2O2/c1-7(2)17(6-12(13,14)15)10-4-8(3)16-5-9(10)11(18)19/h4-5,7H,6H2,1-3H3,(H,18,19). The molecule has 4 nitrogen and oxygen atoms in total. The number of carbonyl (C=O) groups is 1. The molecular weight excluding hydrogens is 261 g/mol. The minimum atomic E-state index is -4.41. The van der Waals surface area contributed by atoms with E-state index in [1.165, 1.54) is 6.07 Å². The van der Waals surface area contributed by atoms with E-state index in [1.54, 1.807) is 20.8 Å². The van der Waals surface area contributed by atoms with Crippen LogP contribution < -0.4 is 4.90 Å². The second-order valence-electron chi connectivity index (χ2n) is 4.48. The van der Waals surface area contributed by atoms with Crippen LogP contribution in [-0.2, 0) is 0 Å². The summed E-state index contributed by atoms with van der Waals surface area (Å²) >= 11 is 0. The highest BCUT2D eigenvalue weighted by Gasteiger charge is 2.33. The number of aryl methyl sites for hydroxylation is 1. The summed E-state index contributed by atoms with van der Waals surface area (Å²) in [5, 5.41) is 9.04. The molecule has 1 aromatic heterocycles. The molecule has 0 fully saturated rings. The van der Waals surface area contributed by atoms with Crippen molar-refractivity contribution in [2.24, 2.45) is 0 Å². The Morgan fingerprint density at radius 3 is 2.47 bits per heavy atom. The molecule has 1 N–H and O–H groups in total. The fraction of sp³-hybridized carbons (Fsp3) is 0.500. The predicted octanol–water partition coefficient (Wildman–Crippen LogP) is 2.87. The molecule has 0 aliphatic rings. The SMILES string of the molecule is Cc1cc(N(CC(F)(F)F)C(C)C)c(C(=O)O)cn1. The van der Waals surface area contributed by atoms with E-state index < -0.39 is 24.7 Å². The molecule has 0 saturated heterocycles. The van der Waals surface area contributed by atoms with Crippen LogP contribution in [0.4, 0.5) is 18.9 Å². The number of halogens is 3. The molecule has 1 aromatic rings. The van der Waals surface area contributed by atoms with Crippen LogP contribution in [0.5, 0.6) is 0 Å². The first kappa shape index (κ1) is 15.3. The summed E-state index contributed by atoms with van der Waals surface area (Å²) in [6.07, 6.45) is -3.32. The Balaban J connectivity index is 3.29. The molecule has 7 heteroatoms. The van der Waals surface area contributed by atoms with Crippen LogP contribution >= 0.6 is 0 Å². The summed E-state index contributed by atoms with van der Waals surface area (Å²) < 4.78 is 37.7. The number of pyridine rings is 1. The molecule has 0 saturated carbocycles. The molecule has 0 radical (unpaired) electrons. The first-order chi connectivity index (χ1) is 8.61. The van der Waals surface area contributed by atoms with Gasteiger partial charge in [0.05, 0.1) is 5.69 Å². The first-order valence-electron chi connectivity index (χ1n) is 5.65. The van der Waals surface area contributed by atoms with Crippen molar-refractivity contribution in [2.75, 3.05) is 11.4 Å². The Labute approximate surface area is 108 Å². The lowest BCUT2D eigenvalue weighted by molar-refractivity contribution is -0.120. The monoisotopic (exact) mass is 276 g/mol. The maximum absolute atomic E-state index is 12.6. The maximum atomic E-state index is 12.6. The van der Waals surface area contributed by atoms with Gasteiger partial charge >= 0.3 is 12.1 Å². The van der Waals surface area contributed by atoms with Crippen molar-refractivity contribution in [3.8, 4) is 0 Å². The van der Waals surface area contributed by atoms with Crippen molar-refractivity contribution in [3.05, 3.63) is 23.5 Å². The van der Waals surface area contributed by atoms with Crippen LogP contribution in [-0.4, -0.2) is 34.8 Å². The number of alkyl halides is 3. The number of hydrogen-bond donors (Lipinski definition) is 1. The fourth-order valence-corrected chi connectivity index (χ4v) is 1.69. The normalized spacial score (nSPS) is 11.7. The summed E-state index contributed by atoms with van der Waals surface area (Å²) in [5.41, 5.74) is 0.267. The Morgan fingerprint density at radius 2 is 2.05 bits per heavy atom. The second-order valence-corrected chi connectivity index (χ2v) is 4.48. The minimum absolute atomic E-state index is 0.0346. The topological polar surface area (TPSA) is 53.4 Å². The van der Waals surface area contributed by atoms with Crippen molar-refractivity contribution in [1.29, 1.82) is 0 Å². The third-order valence-corrected chi connectivity index (χ3v) is 2.53. The molecule has 0 bridgehead atoms. The smallest absolute Gasteiger partial charge is 0.405 e.